The van der Waals surface area contributed by atoms with E-state index < -0.39 is 0 Å². The van der Waals surface area contributed by atoms with Gasteiger partial charge >= 0.3 is 0 Å². The van der Waals surface area contributed by atoms with Gasteiger partial charge in [0.15, 0.2) is 0 Å². The summed E-state index contributed by atoms with van der Waals surface area (Å²) in [6, 6.07) is 0. The molecule has 0 saturated heterocycles. The van der Waals surface area contributed by atoms with Crippen LogP contribution in [0.2, 0.25) is 0 Å². The molecule has 2 rings (SSSR count). The Hall–Kier alpha value is -0.660. The summed E-state index contributed by atoms with van der Waals surface area (Å²) >= 11 is 0. The van der Waals surface area contributed by atoms with Crippen molar-refractivity contribution in [2.45, 2.75) is 25.7 Å². The Morgan fingerprint density at radius 2 is 0.875 bits per heavy atom. The fourth-order valence-electron chi connectivity index (χ4n) is 0.102. The Morgan fingerprint density at radius 3 is 0.875 bits per heavy atom. The maximum Gasteiger partial charge on any atom is 0.133 e. The third kappa shape index (κ3) is 3.53. The Labute approximate surface area is 47.9 Å². The summed E-state index contributed by atoms with van der Waals surface area (Å²) in [7, 11) is 0. The molecule has 0 aromatic rings. The van der Waals surface area contributed by atoms with Crippen LogP contribution in [0.3, 0.4) is 0 Å². The van der Waals surface area contributed by atoms with Gasteiger partial charge in [0, 0.05) is 25.7 Å². The van der Waals surface area contributed by atoms with Gasteiger partial charge in [0.05, 0.1) is 0 Å². The number of ketones is 2. The molecule has 0 unspecified atom stereocenters. The first-order valence-corrected chi connectivity index (χ1v) is 2.82. The van der Waals surface area contributed by atoms with Crippen LogP contribution in [0.4, 0.5) is 0 Å². The Bertz CT molecular complexity index is 98.5. The van der Waals surface area contributed by atoms with Gasteiger partial charge in [-0.1, -0.05) is 0 Å². The highest BCUT2D eigenvalue weighted by molar-refractivity contribution is 5.92. The van der Waals surface area contributed by atoms with Crippen LogP contribution in [0, 0.1) is 0 Å². The highest BCUT2D eigenvalue weighted by Gasteiger charge is 2.13. The van der Waals surface area contributed by atoms with E-state index in [1.54, 1.807) is 0 Å². The monoisotopic (exact) mass is 112 g/mol. The van der Waals surface area contributed by atoms with E-state index in [4.69, 9.17) is 0 Å². The Morgan fingerprint density at radius 1 is 0.750 bits per heavy atom. The van der Waals surface area contributed by atoms with Crippen LogP contribution >= 0.6 is 0 Å². The van der Waals surface area contributed by atoms with Crippen molar-refractivity contribution in [3.63, 3.8) is 0 Å². The summed E-state index contributed by atoms with van der Waals surface area (Å²) in [5.74, 6) is 0.833. The molecule has 0 aromatic carbocycles. The first-order chi connectivity index (χ1) is 3.79. The molecule has 0 amide bonds. The minimum absolute atomic E-state index is 0.417. The molecular formula is C6H8O2. The number of hydrogen-bond acceptors (Lipinski definition) is 2. The van der Waals surface area contributed by atoms with Crippen LogP contribution in [0.1, 0.15) is 25.7 Å². The molecule has 2 aliphatic rings. The minimum atomic E-state index is 0.417. The number of hydrogen-bond donors (Lipinski definition) is 0. The Kier molecular flexibility index (Phi) is 1.42. The molecule has 2 saturated carbocycles. The normalized spacial score (nSPS) is 21.5. The molecule has 0 atom stereocenters. The van der Waals surface area contributed by atoms with Crippen molar-refractivity contribution in [1.29, 1.82) is 0 Å². The zero-order valence-corrected chi connectivity index (χ0v) is 4.64. The van der Waals surface area contributed by atoms with E-state index in [2.05, 4.69) is 0 Å². The average Bonchev–Trinajstić information content (AvgIpc) is 2.47. The first kappa shape index (κ1) is 5.48. The zero-order valence-electron chi connectivity index (χ0n) is 4.64. The van der Waals surface area contributed by atoms with Crippen molar-refractivity contribution in [1.82, 2.24) is 0 Å². The van der Waals surface area contributed by atoms with Gasteiger partial charge in [-0.3, -0.25) is 9.59 Å². The fraction of sp³-hybridized carbons (Fsp3) is 0.667. The van der Waals surface area contributed by atoms with E-state index in [1.807, 2.05) is 0 Å². The van der Waals surface area contributed by atoms with Gasteiger partial charge in [-0.25, -0.2) is 0 Å². The average molecular weight is 112 g/mol. The van der Waals surface area contributed by atoms with Crippen LogP contribution in [0.15, 0.2) is 0 Å². The number of rotatable bonds is 0. The van der Waals surface area contributed by atoms with E-state index in [1.165, 1.54) is 0 Å². The summed E-state index contributed by atoms with van der Waals surface area (Å²) < 4.78 is 0. The summed E-state index contributed by atoms with van der Waals surface area (Å²) in [6.45, 7) is 0. The van der Waals surface area contributed by atoms with Crippen molar-refractivity contribution in [3.05, 3.63) is 0 Å². The predicted molar refractivity (Wildman–Crippen MR) is 28.5 cm³/mol. The third-order valence-corrected chi connectivity index (χ3v) is 0.908. The summed E-state index contributed by atoms with van der Waals surface area (Å²) in [4.78, 5) is 19.1. The zero-order chi connectivity index (χ0) is 5.98. The highest BCUT2D eigenvalue weighted by Crippen LogP contribution is 2.08. The van der Waals surface area contributed by atoms with Crippen LogP contribution < -0.4 is 0 Å². The number of carbonyl (C=O) groups excluding carboxylic acids is 2. The van der Waals surface area contributed by atoms with Crippen molar-refractivity contribution < 1.29 is 9.59 Å². The second-order valence-corrected chi connectivity index (χ2v) is 2.08. The van der Waals surface area contributed by atoms with Gasteiger partial charge in [0.1, 0.15) is 11.6 Å². The molecule has 0 bridgehead atoms. The van der Waals surface area contributed by atoms with Crippen LogP contribution in [0.5, 0.6) is 0 Å². The second kappa shape index (κ2) is 2.07. The molecule has 2 nitrogen and oxygen atoms in total. The molecule has 2 heteroatoms. The molecule has 0 radical (unpaired) electrons. The summed E-state index contributed by atoms with van der Waals surface area (Å²) in [5, 5.41) is 0. The number of carbonyl (C=O) groups is 2. The van der Waals surface area contributed by atoms with E-state index in [-0.39, 0.29) is 0 Å². The van der Waals surface area contributed by atoms with Crippen LogP contribution in [-0.4, -0.2) is 11.6 Å². The fourth-order valence-corrected chi connectivity index (χ4v) is 0.102. The van der Waals surface area contributed by atoms with Crippen molar-refractivity contribution in [3.8, 4) is 0 Å². The maximum absolute atomic E-state index is 9.56. The van der Waals surface area contributed by atoms with Crippen LogP contribution in [-0.2, 0) is 9.59 Å². The van der Waals surface area contributed by atoms with E-state index in [9.17, 15) is 9.59 Å². The lowest BCUT2D eigenvalue weighted by atomic mass is 10.9. The lowest BCUT2D eigenvalue weighted by Gasteiger charge is -1.26. The second-order valence-electron chi connectivity index (χ2n) is 2.08. The van der Waals surface area contributed by atoms with E-state index in [0.717, 1.165) is 25.7 Å². The largest absolute Gasteiger partial charge is 0.300 e. The van der Waals surface area contributed by atoms with Crippen LogP contribution in [0.25, 0.3) is 0 Å². The smallest absolute Gasteiger partial charge is 0.133 e. The summed E-state index contributed by atoms with van der Waals surface area (Å²) in [6.07, 6.45) is 3.39. The van der Waals surface area contributed by atoms with Gasteiger partial charge in [-0.2, -0.15) is 0 Å². The first-order valence-electron chi connectivity index (χ1n) is 2.82. The van der Waals surface area contributed by atoms with Gasteiger partial charge in [0.25, 0.3) is 0 Å². The van der Waals surface area contributed by atoms with Gasteiger partial charge in [-0.15, -0.1) is 0 Å². The standard InChI is InChI=1S/2C3H4O/c2*4-3-1-2-3/h2*1-2H2. The maximum atomic E-state index is 9.56. The predicted octanol–water partition coefficient (Wildman–Crippen LogP) is 0.699. The molecule has 0 N–H and O–H groups in total. The van der Waals surface area contributed by atoms with E-state index in [0.29, 0.717) is 11.6 Å². The molecular weight excluding hydrogens is 104 g/mol. The van der Waals surface area contributed by atoms with Crippen molar-refractivity contribution in [2.75, 3.05) is 0 Å². The highest BCUT2D eigenvalue weighted by atomic mass is 16.1. The molecule has 0 spiro atoms. The molecule has 2 aliphatic carbocycles. The van der Waals surface area contributed by atoms with Crippen molar-refractivity contribution >= 4 is 11.6 Å². The molecule has 2 fully saturated rings. The molecule has 44 valence electrons. The van der Waals surface area contributed by atoms with Gasteiger partial charge < -0.3 is 0 Å². The lowest BCUT2D eigenvalue weighted by molar-refractivity contribution is -0.110. The SMILES string of the molecule is O=C1CC1.O=C1CC1. The topological polar surface area (TPSA) is 34.1 Å². The third-order valence-electron chi connectivity index (χ3n) is 0.908. The molecule has 0 aliphatic heterocycles. The van der Waals surface area contributed by atoms with Gasteiger partial charge in [-0.05, 0) is 0 Å². The van der Waals surface area contributed by atoms with Crippen molar-refractivity contribution in [2.24, 2.45) is 0 Å². The molecule has 0 aromatic heterocycles. The summed E-state index contributed by atoms with van der Waals surface area (Å²) in [5.41, 5.74) is 0. The molecule has 0 heterocycles. The Balaban J connectivity index is 0.0000000800. The molecule has 8 heavy (non-hydrogen) atoms. The van der Waals surface area contributed by atoms with Gasteiger partial charge in [0.2, 0.25) is 0 Å². The minimum Gasteiger partial charge on any atom is -0.300 e. The van der Waals surface area contributed by atoms with E-state index >= 15 is 0 Å². The number of Topliss-reactive ketones (excluding diaryl/α,β-unsaturated/α-hetero) is 2. The quantitative estimate of drug-likeness (QED) is 0.462. The lowest BCUT2D eigenvalue weighted by Crippen LogP contribution is -1.44.